The van der Waals surface area contributed by atoms with Crippen LogP contribution in [0.3, 0.4) is 0 Å². The summed E-state index contributed by atoms with van der Waals surface area (Å²) in [4.78, 5) is 3.85. The molecule has 0 aliphatic heterocycles. The van der Waals surface area contributed by atoms with Crippen LogP contribution in [0.25, 0.3) is 0 Å². The Hall–Kier alpha value is -1.80. The van der Waals surface area contributed by atoms with Crippen molar-refractivity contribution < 1.29 is 13.2 Å². The standard InChI is InChI=1S/C11H13N3O3S2/c12-9-3-1-2-4-10(9)17-6-8-19(15,16)14-11-13-5-7-18-11/h1-5,7H,6,8,12H2,(H,13,14). The van der Waals surface area contributed by atoms with Crippen LogP contribution in [0.1, 0.15) is 0 Å². The number of para-hydroxylation sites is 2. The molecule has 0 radical (unpaired) electrons. The number of hydrogen-bond acceptors (Lipinski definition) is 6. The van der Waals surface area contributed by atoms with Crippen molar-refractivity contribution in [2.75, 3.05) is 22.8 Å². The molecule has 0 bridgehead atoms. The molecule has 0 saturated carbocycles. The maximum absolute atomic E-state index is 11.7. The van der Waals surface area contributed by atoms with E-state index in [-0.39, 0.29) is 12.4 Å². The van der Waals surface area contributed by atoms with Gasteiger partial charge in [-0.2, -0.15) is 0 Å². The van der Waals surface area contributed by atoms with Gasteiger partial charge in [0.15, 0.2) is 5.13 Å². The summed E-state index contributed by atoms with van der Waals surface area (Å²) >= 11 is 1.22. The average Bonchev–Trinajstić information content (AvgIpc) is 2.83. The second kappa shape index (κ2) is 5.89. The number of ether oxygens (including phenoxy) is 1. The molecule has 0 atom stereocenters. The number of nitrogen functional groups attached to an aromatic ring is 1. The number of sulfonamides is 1. The van der Waals surface area contributed by atoms with Gasteiger partial charge in [0.2, 0.25) is 10.0 Å². The number of nitrogens with two attached hydrogens (primary N) is 1. The maximum Gasteiger partial charge on any atom is 0.237 e. The number of rotatable bonds is 6. The summed E-state index contributed by atoms with van der Waals surface area (Å²) in [6.45, 7) is 0.0227. The number of nitrogens with one attached hydrogen (secondary N) is 1. The summed E-state index contributed by atoms with van der Waals surface area (Å²) in [5, 5.41) is 2.04. The molecule has 0 saturated heterocycles. The molecule has 0 fully saturated rings. The van der Waals surface area contributed by atoms with Gasteiger partial charge in [-0.15, -0.1) is 11.3 Å². The molecule has 1 aromatic heterocycles. The molecule has 1 heterocycles. The lowest BCUT2D eigenvalue weighted by atomic mass is 10.3. The fraction of sp³-hybridized carbons (Fsp3) is 0.182. The van der Waals surface area contributed by atoms with Crippen LogP contribution in [-0.4, -0.2) is 25.8 Å². The lowest BCUT2D eigenvalue weighted by Crippen LogP contribution is -2.21. The van der Waals surface area contributed by atoms with E-state index >= 15 is 0 Å². The van der Waals surface area contributed by atoms with Crippen LogP contribution >= 0.6 is 11.3 Å². The molecule has 3 N–H and O–H groups in total. The van der Waals surface area contributed by atoms with E-state index < -0.39 is 10.0 Å². The van der Waals surface area contributed by atoms with Gasteiger partial charge in [-0.25, -0.2) is 13.4 Å². The van der Waals surface area contributed by atoms with Gasteiger partial charge in [-0.05, 0) is 12.1 Å². The molecule has 1 aromatic carbocycles. The fourth-order valence-electron chi connectivity index (χ4n) is 1.33. The second-order valence-electron chi connectivity index (χ2n) is 3.64. The average molecular weight is 299 g/mol. The third-order valence-corrected chi connectivity index (χ3v) is 4.23. The Morgan fingerprint density at radius 2 is 2.16 bits per heavy atom. The van der Waals surface area contributed by atoms with Gasteiger partial charge in [0, 0.05) is 11.6 Å². The first kappa shape index (κ1) is 13.6. The van der Waals surface area contributed by atoms with Crippen molar-refractivity contribution in [3.63, 3.8) is 0 Å². The minimum atomic E-state index is -3.46. The smallest absolute Gasteiger partial charge is 0.237 e. The van der Waals surface area contributed by atoms with E-state index in [1.807, 2.05) is 0 Å². The Labute approximate surface area is 115 Å². The topological polar surface area (TPSA) is 94.3 Å². The Balaban J connectivity index is 1.87. The van der Waals surface area contributed by atoms with Crippen LogP contribution in [0.5, 0.6) is 5.75 Å². The molecule has 102 valence electrons. The monoisotopic (exact) mass is 299 g/mol. The maximum atomic E-state index is 11.7. The van der Waals surface area contributed by atoms with Crippen molar-refractivity contribution in [1.29, 1.82) is 0 Å². The molecular weight excluding hydrogens is 286 g/mol. The molecule has 0 unspecified atom stereocenters. The summed E-state index contributed by atoms with van der Waals surface area (Å²) in [6.07, 6.45) is 1.53. The molecule has 0 aliphatic carbocycles. The number of thiazole rings is 1. The van der Waals surface area contributed by atoms with Crippen molar-refractivity contribution in [3.05, 3.63) is 35.8 Å². The molecule has 2 rings (SSSR count). The third kappa shape index (κ3) is 4.11. The van der Waals surface area contributed by atoms with Gasteiger partial charge in [-0.3, -0.25) is 4.72 Å². The highest BCUT2D eigenvalue weighted by atomic mass is 32.2. The summed E-state index contributed by atoms with van der Waals surface area (Å²) in [7, 11) is -3.46. The SMILES string of the molecule is Nc1ccccc1OCCS(=O)(=O)Nc1nccs1. The van der Waals surface area contributed by atoms with Crippen molar-refractivity contribution in [2.45, 2.75) is 0 Å². The Kier molecular flexibility index (Phi) is 4.23. The minimum absolute atomic E-state index is 0.0227. The van der Waals surface area contributed by atoms with Crippen LogP contribution in [0.2, 0.25) is 0 Å². The number of benzene rings is 1. The van der Waals surface area contributed by atoms with Crippen molar-refractivity contribution in [3.8, 4) is 5.75 Å². The number of anilines is 2. The minimum Gasteiger partial charge on any atom is -0.490 e. The zero-order valence-electron chi connectivity index (χ0n) is 9.94. The van der Waals surface area contributed by atoms with E-state index in [9.17, 15) is 8.42 Å². The van der Waals surface area contributed by atoms with Crippen molar-refractivity contribution in [1.82, 2.24) is 4.98 Å². The highest BCUT2D eigenvalue weighted by molar-refractivity contribution is 7.92. The molecule has 0 amide bonds. The first-order chi connectivity index (χ1) is 9.07. The molecule has 8 heteroatoms. The number of nitrogens with zero attached hydrogens (tertiary/aromatic N) is 1. The second-order valence-corrected chi connectivity index (χ2v) is 6.38. The highest BCUT2D eigenvalue weighted by Crippen LogP contribution is 2.19. The number of aromatic nitrogens is 1. The predicted molar refractivity (Wildman–Crippen MR) is 75.9 cm³/mol. The zero-order chi connectivity index (χ0) is 13.7. The molecule has 19 heavy (non-hydrogen) atoms. The summed E-state index contributed by atoms with van der Waals surface area (Å²) in [5.41, 5.74) is 6.16. The van der Waals surface area contributed by atoms with E-state index in [4.69, 9.17) is 10.5 Å². The Bertz CT molecular complexity index is 626. The van der Waals surface area contributed by atoms with Gasteiger partial charge >= 0.3 is 0 Å². The number of hydrogen-bond donors (Lipinski definition) is 2. The first-order valence-corrected chi connectivity index (χ1v) is 7.97. The van der Waals surface area contributed by atoms with Gasteiger partial charge in [0.25, 0.3) is 0 Å². The lowest BCUT2D eigenvalue weighted by molar-refractivity contribution is 0.343. The van der Waals surface area contributed by atoms with Gasteiger partial charge < -0.3 is 10.5 Å². The third-order valence-electron chi connectivity index (χ3n) is 2.20. The molecule has 6 nitrogen and oxygen atoms in total. The van der Waals surface area contributed by atoms with Crippen molar-refractivity contribution >= 4 is 32.2 Å². The van der Waals surface area contributed by atoms with E-state index in [0.717, 1.165) is 0 Å². The highest BCUT2D eigenvalue weighted by Gasteiger charge is 2.12. The fourth-order valence-corrected chi connectivity index (χ4v) is 3.00. The van der Waals surface area contributed by atoms with Crippen LogP contribution in [-0.2, 0) is 10.0 Å². The molecular formula is C11H13N3O3S2. The van der Waals surface area contributed by atoms with E-state index in [1.165, 1.54) is 17.5 Å². The summed E-state index contributed by atoms with van der Waals surface area (Å²) in [6, 6.07) is 6.94. The van der Waals surface area contributed by atoms with E-state index in [2.05, 4.69) is 9.71 Å². The van der Waals surface area contributed by atoms with Gasteiger partial charge in [0.05, 0.1) is 5.69 Å². The van der Waals surface area contributed by atoms with E-state index in [1.54, 1.807) is 29.6 Å². The molecule has 0 aliphatic rings. The summed E-state index contributed by atoms with van der Waals surface area (Å²) in [5.74, 6) is 0.313. The Morgan fingerprint density at radius 3 is 2.84 bits per heavy atom. The van der Waals surface area contributed by atoms with Crippen LogP contribution in [0, 0.1) is 0 Å². The van der Waals surface area contributed by atoms with Gasteiger partial charge in [-0.1, -0.05) is 12.1 Å². The normalized spacial score (nSPS) is 11.2. The van der Waals surface area contributed by atoms with E-state index in [0.29, 0.717) is 16.6 Å². The lowest BCUT2D eigenvalue weighted by Gasteiger charge is -2.09. The van der Waals surface area contributed by atoms with Crippen molar-refractivity contribution in [2.24, 2.45) is 0 Å². The van der Waals surface area contributed by atoms with Gasteiger partial charge in [0.1, 0.15) is 18.1 Å². The summed E-state index contributed by atoms with van der Waals surface area (Å²) < 4.78 is 31.1. The predicted octanol–water partition coefficient (Wildman–Crippen LogP) is 1.55. The van der Waals surface area contributed by atoms with Crippen LogP contribution in [0.4, 0.5) is 10.8 Å². The van der Waals surface area contributed by atoms with Crippen LogP contribution in [0.15, 0.2) is 35.8 Å². The first-order valence-electron chi connectivity index (χ1n) is 5.44. The largest absolute Gasteiger partial charge is 0.490 e. The van der Waals surface area contributed by atoms with Crippen LogP contribution < -0.4 is 15.2 Å². The zero-order valence-corrected chi connectivity index (χ0v) is 11.6. The molecule has 2 aromatic rings. The Morgan fingerprint density at radius 1 is 1.37 bits per heavy atom. The quantitative estimate of drug-likeness (QED) is 0.789. The molecule has 0 spiro atoms.